The number of fused-ring (bicyclic) bond motifs is 4. The maximum Gasteiger partial charge on any atom is 0.416 e. The molecule has 0 atom stereocenters. The average Bonchev–Trinajstić information content (AvgIpc) is 3.61. The summed E-state index contributed by atoms with van der Waals surface area (Å²) in [5.74, 6) is -1.45. The molecule has 2 heterocycles. The predicted octanol–water partition coefficient (Wildman–Crippen LogP) is 12.1. The van der Waals surface area contributed by atoms with Gasteiger partial charge in [0.15, 0.2) is 0 Å². The Hall–Kier alpha value is -6.42. The van der Waals surface area contributed by atoms with E-state index in [0.29, 0.717) is 16.8 Å². The molecule has 0 radical (unpaired) electrons. The van der Waals surface area contributed by atoms with Gasteiger partial charge >= 0.3 is 12.4 Å². The smallest absolute Gasteiger partial charge is 0.308 e. The minimum Gasteiger partial charge on any atom is -0.308 e. The van der Waals surface area contributed by atoms with Crippen LogP contribution in [0, 0.1) is 0 Å². The molecule has 4 nitrogen and oxygen atoms in total. The number of carbonyl (C=O) groups excluding carboxylic acids is 2. The number of amides is 2. The first-order valence-electron chi connectivity index (χ1n) is 16.4. The first kappa shape index (κ1) is 35.0. The Kier molecular flexibility index (Phi) is 8.77. The van der Waals surface area contributed by atoms with Crippen LogP contribution in [0.25, 0.3) is 49.7 Å². The Morgan fingerprint density at radius 3 is 1.43 bits per heavy atom. The third kappa shape index (κ3) is 6.05. The topological polar surface area (TPSA) is 42.3 Å². The normalized spacial score (nSPS) is 12.9. The van der Waals surface area contributed by atoms with Crippen molar-refractivity contribution in [3.05, 3.63) is 168 Å². The van der Waals surface area contributed by atoms with Crippen LogP contribution in [0.5, 0.6) is 0 Å². The maximum absolute atomic E-state index is 14.7. The van der Waals surface area contributed by atoms with E-state index in [9.17, 15) is 35.9 Å². The van der Waals surface area contributed by atoms with Gasteiger partial charge in [0.1, 0.15) is 0 Å². The van der Waals surface area contributed by atoms with E-state index < -0.39 is 35.3 Å². The first-order valence-corrected chi connectivity index (χ1v) is 16.4. The third-order valence-electron chi connectivity index (χ3n) is 8.99. The number of rotatable bonds is 4. The molecule has 0 aliphatic carbocycles. The lowest BCUT2D eigenvalue weighted by Gasteiger charge is -2.23. The van der Waals surface area contributed by atoms with Crippen molar-refractivity contribution in [2.75, 3.05) is 4.90 Å². The van der Waals surface area contributed by atoms with Gasteiger partial charge in [-0.15, -0.1) is 6.58 Å². The molecule has 2 amide bonds. The molecule has 1 aliphatic rings. The molecule has 0 fully saturated rings. The number of alkyl halides is 6. The van der Waals surface area contributed by atoms with Crippen molar-refractivity contribution in [3.63, 3.8) is 0 Å². The van der Waals surface area contributed by atoms with Gasteiger partial charge in [-0.3, -0.25) is 9.59 Å². The highest BCUT2D eigenvalue weighted by atomic mass is 19.4. The second-order valence-electron chi connectivity index (χ2n) is 12.3. The Morgan fingerprint density at radius 2 is 0.981 bits per heavy atom. The van der Waals surface area contributed by atoms with Gasteiger partial charge in [0.2, 0.25) is 0 Å². The minimum atomic E-state index is -4.76. The molecule has 0 saturated heterocycles. The molecule has 264 valence electrons. The van der Waals surface area contributed by atoms with Crippen LogP contribution >= 0.6 is 0 Å². The summed E-state index contributed by atoms with van der Waals surface area (Å²) in [5.41, 5.74) is 0.482. The lowest BCUT2D eigenvalue weighted by molar-refractivity contribution is -0.138. The molecule has 6 aromatic carbocycles. The average molecular weight is 719 g/mol. The molecule has 8 rings (SSSR count). The van der Waals surface area contributed by atoms with E-state index in [1.54, 1.807) is 18.2 Å². The number of nitrogens with zero attached hydrogens (tertiary/aromatic N) is 2. The number of hydrogen-bond donors (Lipinski definition) is 0. The van der Waals surface area contributed by atoms with Crippen molar-refractivity contribution < 1.29 is 35.9 Å². The van der Waals surface area contributed by atoms with Crippen molar-refractivity contribution in [1.82, 2.24) is 4.57 Å². The third-order valence-corrected chi connectivity index (χ3v) is 8.99. The highest BCUT2D eigenvalue weighted by Gasteiger charge is 2.42. The van der Waals surface area contributed by atoms with Gasteiger partial charge in [0.05, 0.1) is 44.7 Å². The van der Waals surface area contributed by atoms with Gasteiger partial charge in [-0.2, -0.15) is 26.3 Å². The standard InChI is InChI=1S/C40H22F6N2O2.C3H6/c41-39(42,43)25-17-19-29-30-20-18-26(40(44,45)46)22-34(30)47(33(29)21-25)32-16-8-15-31-35(32)38(50)48(37(31)49)36-27(23-9-3-1-4-10-23)13-7-14-28(36)24-11-5-2-6-12-24;1-3-2/h1-22H;3H,1H2,2H3. The van der Waals surface area contributed by atoms with Crippen LogP contribution < -0.4 is 4.90 Å². The second-order valence-corrected chi connectivity index (χ2v) is 12.3. The maximum atomic E-state index is 14.7. The summed E-state index contributed by atoms with van der Waals surface area (Å²) < 4.78 is 85.2. The van der Waals surface area contributed by atoms with Crippen LogP contribution in [0.3, 0.4) is 0 Å². The zero-order chi connectivity index (χ0) is 37.7. The lowest BCUT2D eigenvalue weighted by atomic mass is 9.95. The quantitative estimate of drug-likeness (QED) is 0.103. The Labute approximate surface area is 299 Å². The lowest BCUT2D eigenvalue weighted by Crippen LogP contribution is -2.30. The summed E-state index contributed by atoms with van der Waals surface area (Å²) in [5, 5.41) is 0.488. The molecule has 0 saturated carbocycles. The van der Waals surface area contributed by atoms with Gasteiger partial charge in [-0.05, 0) is 54.4 Å². The van der Waals surface area contributed by atoms with Gasteiger partial charge in [-0.1, -0.05) is 103 Å². The van der Waals surface area contributed by atoms with Crippen LogP contribution in [-0.2, 0) is 12.4 Å². The zero-order valence-corrected chi connectivity index (χ0v) is 28.0. The molecule has 7 aromatic rings. The second kappa shape index (κ2) is 13.3. The van der Waals surface area contributed by atoms with Crippen LogP contribution in [-0.4, -0.2) is 16.4 Å². The van der Waals surface area contributed by atoms with Crippen molar-refractivity contribution in [1.29, 1.82) is 0 Å². The molecular weight excluding hydrogens is 690 g/mol. The van der Waals surface area contributed by atoms with Crippen LogP contribution in [0.2, 0.25) is 0 Å². The molecule has 1 aromatic heterocycles. The molecule has 1 aliphatic heterocycles. The summed E-state index contributed by atoms with van der Waals surface area (Å²) in [6.45, 7) is 5.25. The Bertz CT molecular complexity index is 2420. The van der Waals surface area contributed by atoms with E-state index in [4.69, 9.17) is 0 Å². The summed E-state index contributed by atoms with van der Waals surface area (Å²) in [7, 11) is 0. The molecule has 10 heteroatoms. The number of imide groups is 1. The highest BCUT2D eigenvalue weighted by Crippen LogP contribution is 2.45. The van der Waals surface area contributed by atoms with Crippen LogP contribution in [0.1, 0.15) is 38.8 Å². The Balaban J connectivity index is 0.00000140. The van der Waals surface area contributed by atoms with Crippen molar-refractivity contribution in [2.24, 2.45) is 0 Å². The molecular formula is C43H28F6N2O2. The van der Waals surface area contributed by atoms with E-state index in [1.807, 2.05) is 73.7 Å². The molecule has 0 unspecified atom stereocenters. The number of halogens is 6. The monoisotopic (exact) mass is 718 g/mol. The summed E-state index contributed by atoms with van der Waals surface area (Å²) >= 11 is 0. The van der Waals surface area contributed by atoms with E-state index in [1.165, 1.54) is 34.9 Å². The van der Waals surface area contributed by atoms with E-state index >= 15 is 0 Å². The largest absolute Gasteiger partial charge is 0.416 e. The van der Waals surface area contributed by atoms with Crippen LogP contribution in [0.4, 0.5) is 32.0 Å². The highest BCUT2D eigenvalue weighted by molar-refractivity contribution is 6.37. The fourth-order valence-corrected chi connectivity index (χ4v) is 6.77. The number of anilines is 1. The first-order chi connectivity index (χ1) is 25.3. The minimum absolute atomic E-state index is 0.0274. The van der Waals surface area contributed by atoms with Gasteiger partial charge in [0, 0.05) is 21.9 Å². The number of aromatic nitrogens is 1. The van der Waals surface area contributed by atoms with Gasteiger partial charge in [-0.25, -0.2) is 4.90 Å². The van der Waals surface area contributed by atoms with Crippen molar-refractivity contribution in [2.45, 2.75) is 19.3 Å². The van der Waals surface area contributed by atoms with Crippen LogP contribution in [0.15, 0.2) is 146 Å². The van der Waals surface area contributed by atoms with Crippen molar-refractivity contribution >= 4 is 39.3 Å². The Morgan fingerprint density at radius 1 is 0.547 bits per heavy atom. The molecule has 0 bridgehead atoms. The number of para-hydroxylation sites is 1. The number of allylic oxidation sites excluding steroid dienone is 1. The fourth-order valence-electron chi connectivity index (χ4n) is 6.77. The number of hydrogen-bond acceptors (Lipinski definition) is 2. The molecule has 0 spiro atoms. The molecule has 0 N–H and O–H groups in total. The number of carbonyl (C=O) groups is 2. The fraction of sp³-hybridized carbons (Fsp3) is 0.0698. The predicted molar refractivity (Wildman–Crippen MR) is 195 cm³/mol. The summed E-state index contributed by atoms with van der Waals surface area (Å²) in [6, 6.07) is 33.8. The summed E-state index contributed by atoms with van der Waals surface area (Å²) in [4.78, 5) is 30.2. The van der Waals surface area contributed by atoms with E-state index in [2.05, 4.69) is 6.58 Å². The SMILES string of the molecule is C=CC.O=C1c2cccc(-n3c4cc(C(F)(F)F)ccc4c4ccc(C(F)(F)F)cc43)c2C(=O)N1c1c(-c2ccccc2)cccc1-c1ccccc1. The van der Waals surface area contributed by atoms with Gasteiger partial charge < -0.3 is 4.57 Å². The van der Waals surface area contributed by atoms with E-state index in [0.717, 1.165) is 40.3 Å². The van der Waals surface area contributed by atoms with Crippen molar-refractivity contribution in [3.8, 4) is 27.9 Å². The van der Waals surface area contributed by atoms with Gasteiger partial charge in [0.25, 0.3) is 11.8 Å². The van der Waals surface area contributed by atoms with E-state index in [-0.39, 0.29) is 38.6 Å². The number of benzene rings is 6. The molecule has 53 heavy (non-hydrogen) atoms. The summed E-state index contributed by atoms with van der Waals surface area (Å²) in [6.07, 6.45) is -7.77. The zero-order valence-electron chi connectivity index (χ0n) is 28.0.